The molecule has 0 amide bonds. The van der Waals surface area contributed by atoms with Crippen LogP contribution in [0, 0.1) is 13.8 Å². The van der Waals surface area contributed by atoms with E-state index in [4.69, 9.17) is 0 Å². The van der Waals surface area contributed by atoms with Gasteiger partial charge in [-0.3, -0.25) is 0 Å². The molecule has 0 radical (unpaired) electrons. The first-order chi connectivity index (χ1) is 11.2. The van der Waals surface area contributed by atoms with Crippen LogP contribution < -0.4 is 5.32 Å². The minimum atomic E-state index is 0.755. The molecule has 4 rings (SSSR count). The van der Waals surface area contributed by atoms with E-state index in [1.54, 1.807) is 0 Å². The van der Waals surface area contributed by atoms with Gasteiger partial charge >= 0.3 is 0 Å². The fourth-order valence-corrected chi connectivity index (χ4v) is 2.81. The summed E-state index contributed by atoms with van der Waals surface area (Å²) in [6, 6.07) is 10.1. The van der Waals surface area contributed by atoms with E-state index in [2.05, 4.69) is 36.3 Å². The van der Waals surface area contributed by atoms with E-state index >= 15 is 0 Å². The van der Waals surface area contributed by atoms with Gasteiger partial charge in [0.1, 0.15) is 23.1 Å². The van der Waals surface area contributed by atoms with E-state index in [9.17, 15) is 0 Å². The summed E-state index contributed by atoms with van der Waals surface area (Å²) in [6.07, 6.45) is 0.808. The minimum Gasteiger partial charge on any atom is -0.369 e. The van der Waals surface area contributed by atoms with Crippen molar-refractivity contribution >= 4 is 27.9 Å². The van der Waals surface area contributed by atoms with Gasteiger partial charge in [-0.15, -0.1) is 0 Å². The molecule has 6 heteroatoms. The summed E-state index contributed by atoms with van der Waals surface area (Å²) in [5.41, 5.74) is 4.04. The third-order valence-corrected chi connectivity index (χ3v) is 3.83. The number of para-hydroxylation sites is 2. The average Bonchev–Trinajstić information content (AvgIpc) is 3.09. The minimum absolute atomic E-state index is 0.755. The maximum absolute atomic E-state index is 4.59. The number of aromatic nitrogens is 5. The first kappa shape index (κ1) is 13.8. The van der Waals surface area contributed by atoms with E-state index in [0.717, 1.165) is 58.2 Å². The molecule has 3 N–H and O–H groups in total. The molecule has 0 spiro atoms. The SMILES string of the molecule is Cc1nc(NCCc2nc3ccccc3[nH]2)c2cc(C)[nH]c2n1. The van der Waals surface area contributed by atoms with Crippen LogP contribution in [0.1, 0.15) is 17.3 Å². The monoisotopic (exact) mass is 306 g/mol. The predicted octanol–water partition coefficient (Wildman–Crippen LogP) is 3.11. The highest BCUT2D eigenvalue weighted by Crippen LogP contribution is 2.21. The van der Waals surface area contributed by atoms with Crippen molar-refractivity contribution in [1.82, 2.24) is 24.9 Å². The number of hydrogen-bond acceptors (Lipinski definition) is 4. The predicted molar refractivity (Wildman–Crippen MR) is 91.7 cm³/mol. The zero-order valence-electron chi connectivity index (χ0n) is 13.1. The second-order valence-corrected chi connectivity index (χ2v) is 5.71. The van der Waals surface area contributed by atoms with Gasteiger partial charge in [0.15, 0.2) is 0 Å². The molecule has 0 aliphatic rings. The number of fused-ring (bicyclic) bond motifs is 2. The molecule has 1 aromatic carbocycles. The lowest BCUT2D eigenvalue weighted by atomic mass is 10.3. The second-order valence-electron chi connectivity index (χ2n) is 5.71. The molecule has 0 saturated heterocycles. The van der Waals surface area contributed by atoms with Crippen molar-refractivity contribution in [2.24, 2.45) is 0 Å². The number of H-pyrrole nitrogens is 2. The molecule has 23 heavy (non-hydrogen) atoms. The molecule has 0 aliphatic heterocycles. The Kier molecular flexibility index (Phi) is 3.22. The highest BCUT2D eigenvalue weighted by atomic mass is 15.1. The number of aromatic amines is 2. The Morgan fingerprint density at radius 1 is 1.04 bits per heavy atom. The van der Waals surface area contributed by atoms with Gasteiger partial charge in [0.05, 0.1) is 16.4 Å². The molecule has 0 fully saturated rings. The van der Waals surface area contributed by atoms with E-state index in [1.807, 2.05) is 38.1 Å². The first-order valence-electron chi connectivity index (χ1n) is 7.70. The third-order valence-electron chi connectivity index (χ3n) is 3.83. The zero-order chi connectivity index (χ0) is 15.8. The maximum Gasteiger partial charge on any atom is 0.143 e. The third kappa shape index (κ3) is 2.63. The number of anilines is 1. The van der Waals surface area contributed by atoms with Crippen LogP contribution in [0.4, 0.5) is 5.82 Å². The summed E-state index contributed by atoms with van der Waals surface area (Å²) in [5, 5.41) is 4.43. The molecule has 0 aliphatic carbocycles. The lowest BCUT2D eigenvalue weighted by Gasteiger charge is -2.06. The largest absolute Gasteiger partial charge is 0.369 e. The Morgan fingerprint density at radius 3 is 2.78 bits per heavy atom. The average molecular weight is 306 g/mol. The summed E-state index contributed by atoms with van der Waals surface area (Å²) in [6.45, 7) is 4.69. The molecular weight excluding hydrogens is 288 g/mol. The Balaban J connectivity index is 1.52. The molecule has 0 unspecified atom stereocenters. The molecule has 0 saturated carbocycles. The van der Waals surface area contributed by atoms with Crippen LogP contribution in [0.5, 0.6) is 0 Å². The van der Waals surface area contributed by atoms with Crippen LogP contribution in [-0.2, 0) is 6.42 Å². The molecular formula is C17H18N6. The van der Waals surface area contributed by atoms with Gasteiger partial charge < -0.3 is 15.3 Å². The molecule has 3 aromatic heterocycles. The van der Waals surface area contributed by atoms with Crippen LogP contribution in [0.15, 0.2) is 30.3 Å². The molecule has 116 valence electrons. The van der Waals surface area contributed by atoms with Gasteiger partial charge in [0.2, 0.25) is 0 Å². The van der Waals surface area contributed by atoms with Crippen molar-refractivity contribution < 1.29 is 0 Å². The summed E-state index contributed by atoms with van der Waals surface area (Å²) in [5.74, 6) is 2.60. The standard InChI is InChI=1S/C17H18N6/c1-10-9-12-16(20-11(2)21-17(12)19-10)18-8-7-15-22-13-5-3-4-6-14(13)23-15/h3-6,9H,7-8H2,1-2H3,(H,22,23)(H2,18,19,20,21). The second kappa shape index (κ2) is 5.39. The number of nitrogens with one attached hydrogen (secondary N) is 3. The van der Waals surface area contributed by atoms with Crippen LogP contribution >= 0.6 is 0 Å². The van der Waals surface area contributed by atoms with E-state index in [0.29, 0.717) is 0 Å². The fourth-order valence-electron chi connectivity index (χ4n) is 2.81. The van der Waals surface area contributed by atoms with Crippen molar-refractivity contribution in [2.45, 2.75) is 20.3 Å². The molecule has 4 aromatic rings. The highest BCUT2D eigenvalue weighted by Gasteiger charge is 2.08. The van der Waals surface area contributed by atoms with Crippen LogP contribution in [0.3, 0.4) is 0 Å². The summed E-state index contributed by atoms with van der Waals surface area (Å²) >= 11 is 0. The normalized spacial score (nSPS) is 11.4. The van der Waals surface area contributed by atoms with Crippen molar-refractivity contribution in [2.75, 3.05) is 11.9 Å². The Labute approximate surface area is 133 Å². The van der Waals surface area contributed by atoms with Gasteiger partial charge in [-0.05, 0) is 32.0 Å². The smallest absolute Gasteiger partial charge is 0.143 e. The Morgan fingerprint density at radius 2 is 1.91 bits per heavy atom. The van der Waals surface area contributed by atoms with Gasteiger partial charge in [-0.2, -0.15) is 0 Å². The molecule has 3 heterocycles. The summed E-state index contributed by atoms with van der Waals surface area (Å²) in [7, 11) is 0. The number of benzene rings is 1. The van der Waals surface area contributed by atoms with Gasteiger partial charge in [-0.25, -0.2) is 15.0 Å². The number of nitrogens with zero attached hydrogens (tertiary/aromatic N) is 3. The highest BCUT2D eigenvalue weighted by molar-refractivity contribution is 5.87. The van der Waals surface area contributed by atoms with Crippen molar-refractivity contribution in [3.63, 3.8) is 0 Å². The molecule has 0 atom stereocenters. The Hall–Kier alpha value is -2.89. The number of hydrogen-bond donors (Lipinski definition) is 3. The van der Waals surface area contributed by atoms with Crippen molar-refractivity contribution in [3.8, 4) is 0 Å². The van der Waals surface area contributed by atoms with Gasteiger partial charge in [0, 0.05) is 18.7 Å². The van der Waals surface area contributed by atoms with Gasteiger partial charge in [-0.1, -0.05) is 12.1 Å². The topological polar surface area (TPSA) is 82.3 Å². The van der Waals surface area contributed by atoms with Crippen molar-refractivity contribution in [3.05, 3.63) is 47.7 Å². The van der Waals surface area contributed by atoms with E-state index < -0.39 is 0 Å². The lowest BCUT2D eigenvalue weighted by molar-refractivity contribution is 0.925. The number of imidazole rings is 1. The summed E-state index contributed by atoms with van der Waals surface area (Å²) in [4.78, 5) is 20.1. The Bertz CT molecular complexity index is 948. The first-order valence-corrected chi connectivity index (χ1v) is 7.70. The van der Waals surface area contributed by atoms with Gasteiger partial charge in [0.25, 0.3) is 0 Å². The molecule has 0 bridgehead atoms. The van der Waals surface area contributed by atoms with Crippen molar-refractivity contribution in [1.29, 1.82) is 0 Å². The van der Waals surface area contributed by atoms with E-state index in [1.165, 1.54) is 0 Å². The zero-order valence-corrected chi connectivity index (χ0v) is 13.1. The number of aryl methyl sites for hydroxylation is 2. The number of rotatable bonds is 4. The van der Waals surface area contributed by atoms with Crippen LogP contribution in [0.2, 0.25) is 0 Å². The fraction of sp³-hybridized carbons (Fsp3) is 0.235. The van der Waals surface area contributed by atoms with Crippen LogP contribution in [-0.4, -0.2) is 31.5 Å². The lowest BCUT2D eigenvalue weighted by Crippen LogP contribution is -2.08. The van der Waals surface area contributed by atoms with Crippen LogP contribution in [0.25, 0.3) is 22.1 Å². The summed E-state index contributed by atoms with van der Waals surface area (Å²) < 4.78 is 0. The van der Waals surface area contributed by atoms with E-state index in [-0.39, 0.29) is 0 Å². The molecule has 6 nitrogen and oxygen atoms in total. The quantitative estimate of drug-likeness (QED) is 0.541. The maximum atomic E-state index is 4.59.